The Morgan fingerprint density at radius 3 is 2.74 bits per heavy atom. The van der Waals surface area contributed by atoms with E-state index in [0.29, 0.717) is 17.9 Å². The lowest BCUT2D eigenvalue weighted by Crippen LogP contribution is -2.24. The Bertz CT molecular complexity index is 935. The van der Waals surface area contributed by atoms with E-state index in [9.17, 15) is 9.59 Å². The molecule has 0 bridgehead atoms. The van der Waals surface area contributed by atoms with E-state index in [1.165, 1.54) is 25.6 Å². The van der Waals surface area contributed by atoms with Gasteiger partial charge in [-0.2, -0.15) is 11.3 Å². The van der Waals surface area contributed by atoms with Crippen molar-refractivity contribution in [2.75, 3.05) is 14.2 Å². The van der Waals surface area contributed by atoms with Crippen LogP contribution in [0, 0.1) is 0 Å². The summed E-state index contributed by atoms with van der Waals surface area (Å²) in [4.78, 5) is 28.6. The first-order chi connectivity index (χ1) is 13.1. The zero-order valence-electron chi connectivity index (χ0n) is 14.9. The number of hydrogen-bond acceptors (Lipinski definition) is 7. The normalized spacial score (nSPS) is 10.4. The molecule has 0 saturated heterocycles. The number of rotatable bonds is 7. The first-order valence-electron chi connectivity index (χ1n) is 8.09. The van der Waals surface area contributed by atoms with Gasteiger partial charge in [-0.1, -0.05) is 6.07 Å². The van der Waals surface area contributed by atoms with Crippen LogP contribution < -0.4 is 10.1 Å². The Morgan fingerprint density at radius 1 is 1.19 bits per heavy atom. The summed E-state index contributed by atoms with van der Waals surface area (Å²) < 4.78 is 9.92. The van der Waals surface area contributed by atoms with Crippen molar-refractivity contribution >= 4 is 34.6 Å². The average molecular weight is 402 g/mol. The molecule has 0 radical (unpaired) electrons. The first kappa shape index (κ1) is 19.1. The fraction of sp³-hybridized carbons (Fsp3) is 0.211. The third kappa shape index (κ3) is 4.72. The van der Waals surface area contributed by atoms with Gasteiger partial charge in [0, 0.05) is 22.9 Å². The third-order valence-electron chi connectivity index (χ3n) is 3.82. The van der Waals surface area contributed by atoms with Crippen LogP contribution in [0.2, 0.25) is 0 Å². The summed E-state index contributed by atoms with van der Waals surface area (Å²) >= 11 is 3.14. The molecular weight excluding hydrogens is 384 g/mol. The molecule has 3 aromatic rings. The molecule has 140 valence electrons. The van der Waals surface area contributed by atoms with E-state index in [1.54, 1.807) is 29.5 Å². The van der Waals surface area contributed by atoms with E-state index < -0.39 is 5.97 Å². The molecule has 1 N–H and O–H groups in total. The van der Waals surface area contributed by atoms with Crippen LogP contribution in [-0.2, 0) is 22.5 Å². The van der Waals surface area contributed by atoms with Gasteiger partial charge in [0.05, 0.1) is 26.3 Å². The van der Waals surface area contributed by atoms with Gasteiger partial charge in [-0.15, -0.1) is 11.3 Å². The topological polar surface area (TPSA) is 77.5 Å². The molecule has 2 aromatic heterocycles. The molecule has 27 heavy (non-hydrogen) atoms. The molecule has 0 saturated carbocycles. The van der Waals surface area contributed by atoms with Crippen molar-refractivity contribution in [1.29, 1.82) is 0 Å². The molecule has 0 aliphatic carbocycles. The van der Waals surface area contributed by atoms with Crippen molar-refractivity contribution in [3.8, 4) is 16.3 Å². The number of hydrogen-bond donors (Lipinski definition) is 1. The van der Waals surface area contributed by atoms with Crippen LogP contribution in [0.1, 0.15) is 21.6 Å². The van der Waals surface area contributed by atoms with E-state index in [-0.39, 0.29) is 12.3 Å². The third-order valence-corrected chi connectivity index (χ3v) is 5.44. The number of amides is 1. The number of methoxy groups -OCH3 is 2. The van der Waals surface area contributed by atoms with Crippen molar-refractivity contribution in [3.63, 3.8) is 0 Å². The maximum Gasteiger partial charge on any atom is 0.341 e. The molecular formula is C19H18N2O4S2. The number of nitrogens with zero attached hydrogens (tertiary/aromatic N) is 1. The second kappa shape index (κ2) is 8.79. The summed E-state index contributed by atoms with van der Waals surface area (Å²) in [6.07, 6.45) is 0.209. The summed E-state index contributed by atoms with van der Waals surface area (Å²) in [7, 11) is 2.80. The van der Waals surface area contributed by atoms with Gasteiger partial charge in [-0.25, -0.2) is 9.78 Å². The Hall–Kier alpha value is -2.71. The first-order valence-corrected chi connectivity index (χ1v) is 9.92. The monoisotopic (exact) mass is 402 g/mol. The van der Waals surface area contributed by atoms with Crippen molar-refractivity contribution in [1.82, 2.24) is 10.3 Å². The molecule has 3 rings (SSSR count). The fourth-order valence-electron chi connectivity index (χ4n) is 2.47. The predicted octanol–water partition coefficient (Wildman–Crippen LogP) is 3.53. The van der Waals surface area contributed by atoms with Gasteiger partial charge in [0.25, 0.3) is 0 Å². The molecule has 1 aromatic carbocycles. The van der Waals surface area contributed by atoms with E-state index in [2.05, 4.69) is 10.3 Å². The van der Waals surface area contributed by atoms with Crippen molar-refractivity contribution in [2.45, 2.75) is 13.0 Å². The van der Waals surface area contributed by atoms with Crippen LogP contribution in [0.4, 0.5) is 0 Å². The van der Waals surface area contributed by atoms with Gasteiger partial charge >= 0.3 is 5.97 Å². The number of thiazole rings is 1. The Labute approximate surface area is 164 Å². The second-order valence-electron chi connectivity index (χ2n) is 5.64. The maximum absolute atomic E-state index is 12.2. The van der Waals surface area contributed by atoms with Crippen molar-refractivity contribution in [2.24, 2.45) is 0 Å². The van der Waals surface area contributed by atoms with Crippen molar-refractivity contribution in [3.05, 3.63) is 57.2 Å². The van der Waals surface area contributed by atoms with Gasteiger partial charge in [-0.05, 0) is 29.1 Å². The van der Waals surface area contributed by atoms with Gasteiger partial charge < -0.3 is 14.8 Å². The molecule has 0 aliphatic heterocycles. The Kier molecular flexibility index (Phi) is 6.20. The van der Waals surface area contributed by atoms with Crippen LogP contribution in [-0.4, -0.2) is 31.1 Å². The second-order valence-corrected chi connectivity index (χ2v) is 7.27. The maximum atomic E-state index is 12.2. The van der Waals surface area contributed by atoms with E-state index in [4.69, 9.17) is 9.47 Å². The molecule has 8 heteroatoms. The molecule has 0 aliphatic rings. The van der Waals surface area contributed by atoms with Gasteiger partial charge in [0.1, 0.15) is 16.3 Å². The summed E-state index contributed by atoms with van der Waals surface area (Å²) in [5.74, 6) is -0.184. The minimum atomic E-state index is -0.483. The van der Waals surface area contributed by atoms with Crippen LogP contribution >= 0.6 is 22.7 Å². The number of benzene rings is 1. The average Bonchev–Trinajstić information content (AvgIpc) is 3.37. The van der Waals surface area contributed by atoms with Crippen LogP contribution in [0.5, 0.6) is 5.75 Å². The number of nitrogens with one attached hydrogen (secondary N) is 1. The highest BCUT2D eigenvalue weighted by Crippen LogP contribution is 2.26. The minimum Gasteiger partial charge on any atom is -0.496 e. The summed E-state index contributed by atoms with van der Waals surface area (Å²) in [6.45, 7) is 0.300. The number of ether oxygens (including phenoxy) is 2. The molecule has 0 unspecified atom stereocenters. The lowest BCUT2D eigenvalue weighted by molar-refractivity contribution is -0.120. The highest BCUT2D eigenvalue weighted by molar-refractivity contribution is 7.14. The predicted molar refractivity (Wildman–Crippen MR) is 105 cm³/mol. The molecule has 0 spiro atoms. The minimum absolute atomic E-state index is 0.132. The molecule has 2 heterocycles. The van der Waals surface area contributed by atoms with Gasteiger partial charge in [0.2, 0.25) is 5.91 Å². The molecule has 0 fully saturated rings. The van der Waals surface area contributed by atoms with Gasteiger partial charge in [0.15, 0.2) is 0 Å². The highest BCUT2D eigenvalue weighted by Gasteiger charge is 2.14. The zero-order chi connectivity index (χ0) is 19.2. The van der Waals surface area contributed by atoms with Crippen molar-refractivity contribution < 1.29 is 19.1 Å². The number of aromatic nitrogens is 1. The molecule has 6 nitrogen and oxygen atoms in total. The zero-order valence-corrected chi connectivity index (χ0v) is 16.5. The largest absolute Gasteiger partial charge is 0.496 e. The lowest BCUT2D eigenvalue weighted by Gasteiger charge is -2.10. The van der Waals surface area contributed by atoms with E-state index >= 15 is 0 Å². The van der Waals surface area contributed by atoms with E-state index in [0.717, 1.165) is 21.8 Å². The number of esters is 1. The standard InChI is InChI=1S/C19H18N2O4S2/c1-24-16-4-3-12(7-15(16)19(23)25-2)9-20-17(22)8-14-11-27-18(21-14)13-5-6-26-10-13/h3-7,10-11H,8-9H2,1-2H3,(H,20,22). The smallest absolute Gasteiger partial charge is 0.341 e. The van der Waals surface area contributed by atoms with Crippen LogP contribution in [0.3, 0.4) is 0 Å². The molecule has 0 atom stereocenters. The fourth-order valence-corrected chi connectivity index (χ4v) is 4.00. The van der Waals surface area contributed by atoms with Gasteiger partial charge in [-0.3, -0.25) is 4.79 Å². The van der Waals surface area contributed by atoms with Crippen LogP contribution in [0.25, 0.3) is 10.6 Å². The van der Waals surface area contributed by atoms with E-state index in [1.807, 2.05) is 22.2 Å². The summed E-state index contributed by atoms with van der Waals surface area (Å²) in [5, 5.41) is 9.69. The summed E-state index contributed by atoms with van der Waals surface area (Å²) in [5.41, 5.74) is 2.92. The number of thiophene rings is 1. The lowest BCUT2D eigenvalue weighted by atomic mass is 10.1. The highest BCUT2D eigenvalue weighted by atomic mass is 32.1. The number of carbonyl (C=O) groups is 2. The SMILES string of the molecule is COC(=O)c1cc(CNC(=O)Cc2csc(-c3ccsc3)n2)ccc1OC. The quantitative estimate of drug-likeness (QED) is 0.612. The Morgan fingerprint density at radius 2 is 2.04 bits per heavy atom. The molecule has 1 amide bonds. The Balaban J connectivity index is 1.60. The number of carbonyl (C=O) groups excluding carboxylic acids is 2. The summed E-state index contributed by atoms with van der Waals surface area (Å²) in [6, 6.07) is 7.14. The van der Waals surface area contributed by atoms with Crippen LogP contribution in [0.15, 0.2) is 40.4 Å².